The van der Waals surface area contributed by atoms with E-state index in [1.54, 1.807) is 7.11 Å². The lowest BCUT2D eigenvalue weighted by molar-refractivity contribution is -0.133. The van der Waals surface area contributed by atoms with Gasteiger partial charge in [-0.3, -0.25) is 4.79 Å². The number of methoxy groups -OCH3 is 1. The molecule has 0 amide bonds. The molecule has 0 saturated heterocycles. The first-order chi connectivity index (χ1) is 10.8. The van der Waals surface area contributed by atoms with E-state index in [1.807, 2.05) is 76.2 Å². The number of carbonyl (C=O) groups is 1. The molecule has 1 aliphatic heterocycles. The smallest absolute Gasteiger partial charge is 0.323 e. The molecule has 0 aromatic heterocycles. The lowest BCUT2D eigenvalue weighted by Crippen LogP contribution is -2.12. The third-order valence-corrected chi connectivity index (χ3v) is 3.13. The number of hydrogen-bond donors (Lipinski definition) is 0. The molecule has 0 fully saturated rings. The van der Waals surface area contributed by atoms with Crippen LogP contribution in [0, 0.1) is 0 Å². The number of esters is 1. The molecule has 0 spiro atoms. The zero-order chi connectivity index (χ0) is 16.5. The Morgan fingerprint density at radius 2 is 1.41 bits per heavy atom. The van der Waals surface area contributed by atoms with Gasteiger partial charge in [0.2, 0.25) is 0 Å². The largest absolute Gasteiger partial charge is 0.496 e. The maximum Gasteiger partial charge on any atom is 0.323 e. The summed E-state index contributed by atoms with van der Waals surface area (Å²) in [5, 5.41) is 0. The molecule has 1 heterocycles. The van der Waals surface area contributed by atoms with Crippen LogP contribution in [0.15, 0.2) is 48.5 Å². The monoisotopic (exact) mass is 300 g/mol. The molecular weight excluding hydrogens is 276 g/mol. The van der Waals surface area contributed by atoms with Crippen LogP contribution in [0.1, 0.15) is 44.7 Å². The third kappa shape index (κ3) is 3.48. The van der Waals surface area contributed by atoms with Crippen LogP contribution in [0.5, 0.6) is 11.5 Å². The van der Waals surface area contributed by atoms with Crippen LogP contribution in [-0.2, 0) is 4.79 Å². The fourth-order valence-corrected chi connectivity index (χ4v) is 2.31. The van der Waals surface area contributed by atoms with Crippen molar-refractivity contribution >= 4 is 5.97 Å². The summed E-state index contributed by atoms with van der Waals surface area (Å²) in [7, 11) is 1.60. The highest BCUT2D eigenvalue weighted by molar-refractivity contribution is 5.90. The van der Waals surface area contributed by atoms with Crippen LogP contribution < -0.4 is 9.47 Å². The maximum absolute atomic E-state index is 12.0. The number of hydrogen-bond acceptors (Lipinski definition) is 3. The Hall–Kier alpha value is -2.29. The number of para-hydroxylation sites is 2. The number of benzene rings is 2. The fraction of sp³-hybridized carbons (Fsp3) is 0.316. The molecule has 3 heteroatoms. The average Bonchev–Trinajstić information content (AvgIpc) is 2.94. The SMILES string of the molecule is CC.CC.COc1ccccc1C1C(=O)Oc2ccccc21. The van der Waals surface area contributed by atoms with E-state index in [4.69, 9.17) is 9.47 Å². The van der Waals surface area contributed by atoms with Gasteiger partial charge in [0.15, 0.2) is 0 Å². The Balaban J connectivity index is 0.000000561. The lowest BCUT2D eigenvalue weighted by Gasteiger charge is -2.12. The van der Waals surface area contributed by atoms with Crippen molar-refractivity contribution < 1.29 is 14.3 Å². The van der Waals surface area contributed by atoms with Gasteiger partial charge in [-0.1, -0.05) is 64.1 Å². The van der Waals surface area contributed by atoms with Crippen LogP contribution >= 0.6 is 0 Å². The minimum atomic E-state index is -0.391. The lowest BCUT2D eigenvalue weighted by atomic mass is 9.92. The summed E-state index contributed by atoms with van der Waals surface area (Å²) in [6.07, 6.45) is 0. The van der Waals surface area contributed by atoms with Gasteiger partial charge in [0, 0.05) is 11.1 Å². The topological polar surface area (TPSA) is 35.5 Å². The summed E-state index contributed by atoms with van der Waals surface area (Å²) >= 11 is 0. The maximum atomic E-state index is 12.0. The molecule has 0 saturated carbocycles. The minimum Gasteiger partial charge on any atom is -0.496 e. The van der Waals surface area contributed by atoms with Crippen molar-refractivity contribution in [2.24, 2.45) is 0 Å². The summed E-state index contributed by atoms with van der Waals surface area (Å²) in [6, 6.07) is 15.0. The normalized spacial score (nSPS) is 14.6. The van der Waals surface area contributed by atoms with Crippen molar-refractivity contribution in [1.29, 1.82) is 0 Å². The molecule has 1 unspecified atom stereocenters. The van der Waals surface area contributed by atoms with Gasteiger partial charge in [0.25, 0.3) is 0 Å². The first-order valence-electron chi connectivity index (χ1n) is 7.75. The fourth-order valence-electron chi connectivity index (χ4n) is 2.31. The standard InChI is InChI=1S/C15H12O3.2C2H6/c1-17-12-8-4-2-6-10(12)14-11-7-3-5-9-13(11)18-15(14)16;2*1-2/h2-9,14H,1H3;2*1-2H3. The van der Waals surface area contributed by atoms with E-state index < -0.39 is 5.92 Å². The second-order valence-corrected chi connectivity index (χ2v) is 4.13. The van der Waals surface area contributed by atoms with E-state index in [1.165, 1.54) is 0 Å². The van der Waals surface area contributed by atoms with Crippen LogP contribution in [0.2, 0.25) is 0 Å². The van der Waals surface area contributed by atoms with Crippen LogP contribution in [0.4, 0.5) is 0 Å². The van der Waals surface area contributed by atoms with Crippen molar-refractivity contribution in [3.63, 3.8) is 0 Å². The summed E-state index contributed by atoms with van der Waals surface area (Å²) in [6.45, 7) is 8.00. The quantitative estimate of drug-likeness (QED) is 0.590. The van der Waals surface area contributed by atoms with Gasteiger partial charge in [0.05, 0.1) is 7.11 Å². The van der Waals surface area contributed by atoms with Gasteiger partial charge in [-0.25, -0.2) is 0 Å². The Morgan fingerprint density at radius 1 is 0.864 bits per heavy atom. The molecule has 3 nitrogen and oxygen atoms in total. The Kier molecular flexibility index (Phi) is 7.17. The van der Waals surface area contributed by atoms with Crippen LogP contribution in [0.3, 0.4) is 0 Å². The summed E-state index contributed by atoms with van der Waals surface area (Å²) in [5.74, 6) is 0.701. The predicted octanol–water partition coefficient (Wildman–Crippen LogP) is 4.80. The Bertz CT molecular complexity index is 605. The van der Waals surface area contributed by atoms with Crippen LogP contribution in [0.25, 0.3) is 0 Å². The second-order valence-electron chi connectivity index (χ2n) is 4.13. The van der Waals surface area contributed by atoms with Crippen LogP contribution in [-0.4, -0.2) is 13.1 Å². The Labute approximate surface area is 132 Å². The summed E-state index contributed by atoms with van der Waals surface area (Å²) in [4.78, 5) is 12.0. The molecule has 118 valence electrons. The molecule has 2 aromatic rings. The highest BCUT2D eigenvalue weighted by atomic mass is 16.5. The van der Waals surface area contributed by atoms with E-state index >= 15 is 0 Å². The molecule has 2 aromatic carbocycles. The van der Waals surface area contributed by atoms with E-state index in [-0.39, 0.29) is 5.97 Å². The molecule has 0 radical (unpaired) electrons. The summed E-state index contributed by atoms with van der Waals surface area (Å²) in [5.41, 5.74) is 1.74. The minimum absolute atomic E-state index is 0.249. The van der Waals surface area contributed by atoms with E-state index in [0.717, 1.165) is 11.1 Å². The highest BCUT2D eigenvalue weighted by Gasteiger charge is 2.35. The van der Waals surface area contributed by atoms with Gasteiger partial charge in [-0.15, -0.1) is 0 Å². The number of carbonyl (C=O) groups excluding carboxylic acids is 1. The molecule has 22 heavy (non-hydrogen) atoms. The number of ether oxygens (including phenoxy) is 2. The first kappa shape index (κ1) is 17.8. The zero-order valence-corrected chi connectivity index (χ0v) is 13.9. The van der Waals surface area contributed by atoms with Crippen molar-refractivity contribution in [3.05, 3.63) is 59.7 Å². The van der Waals surface area contributed by atoms with E-state index in [2.05, 4.69) is 0 Å². The zero-order valence-electron chi connectivity index (χ0n) is 13.9. The molecule has 1 atom stereocenters. The van der Waals surface area contributed by atoms with E-state index in [9.17, 15) is 4.79 Å². The van der Waals surface area contributed by atoms with Crippen molar-refractivity contribution in [2.75, 3.05) is 7.11 Å². The number of fused-ring (bicyclic) bond motifs is 1. The first-order valence-corrected chi connectivity index (χ1v) is 7.75. The predicted molar refractivity (Wildman–Crippen MR) is 89.6 cm³/mol. The highest BCUT2D eigenvalue weighted by Crippen LogP contribution is 2.41. The molecule has 1 aliphatic rings. The second kappa shape index (κ2) is 8.88. The van der Waals surface area contributed by atoms with Crippen molar-refractivity contribution in [1.82, 2.24) is 0 Å². The summed E-state index contributed by atoms with van der Waals surface area (Å²) < 4.78 is 10.6. The number of rotatable bonds is 2. The Morgan fingerprint density at radius 3 is 2.05 bits per heavy atom. The van der Waals surface area contributed by atoms with Gasteiger partial charge in [-0.2, -0.15) is 0 Å². The van der Waals surface area contributed by atoms with Gasteiger partial charge in [0.1, 0.15) is 17.4 Å². The molecule has 0 N–H and O–H groups in total. The molecular formula is C19H24O3. The van der Waals surface area contributed by atoms with Gasteiger partial charge in [-0.05, 0) is 12.1 Å². The molecule has 3 rings (SSSR count). The molecule has 0 aliphatic carbocycles. The van der Waals surface area contributed by atoms with E-state index in [0.29, 0.717) is 11.5 Å². The third-order valence-electron chi connectivity index (χ3n) is 3.13. The van der Waals surface area contributed by atoms with Gasteiger partial charge < -0.3 is 9.47 Å². The van der Waals surface area contributed by atoms with Gasteiger partial charge >= 0.3 is 5.97 Å². The average molecular weight is 300 g/mol. The molecule has 0 bridgehead atoms. The van der Waals surface area contributed by atoms with Crippen molar-refractivity contribution in [2.45, 2.75) is 33.6 Å². The van der Waals surface area contributed by atoms with Crippen molar-refractivity contribution in [3.8, 4) is 11.5 Å².